The largest absolute Gasteiger partial charge is 0.459 e. The first-order chi connectivity index (χ1) is 8.88. The molecule has 0 bridgehead atoms. The van der Waals surface area contributed by atoms with E-state index in [1.807, 2.05) is 0 Å². The van der Waals surface area contributed by atoms with Crippen LogP contribution in [0.2, 0.25) is 0 Å². The van der Waals surface area contributed by atoms with Crippen molar-refractivity contribution in [3.8, 4) is 0 Å². The Balaban J connectivity index is 2.03. The number of furan rings is 1. The topological polar surface area (TPSA) is 109 Å². The van der Waals surface area contributed by atoms with E-state index in [9.17, 15) is 13.2 Å². The molecule has 2 N–H and O–H groups in total. The zero-order valence-electron chi connectivity index (χ0n) is 10.4. The van der Waals surface area contributed by atoms with Gasteiger partial charge in [-0.1, -0.05) is 0 Å². The van der Waals surface area contributed by atoms with Gasteiger partial charge in [0.05, 0.1) is 13.2 Å². The van der Waals surface area contributed by atoms with Gasteiger partial charge in [0.2, 0.25) is 15.8 Å². The molecule has 0 radical (unpaired) electrons. The van der Waals surface area contributed by atoms with Crippen molar-refractivity contribution in [2.24, 2.45) is 11.1 Å². The SMILES string of the molecule is Cc1oc(C(=O)OCC2CCOC2)cc1S(N)(=O)=O. The lowest BCUT2D eigenvalue weighted by Gasteiger charge is -2.07. The minimum absolute atomic E-state index is 0.0682. The zero-order valence-corrected chi connectivity index (χ0v) is 11.2. The van der Waals surface area contributed by atoms with Crippen LogP contribution in [0, 0.1) is 12.8 Å². The predicted octanol–water partition coefficient (Wildman–Crippen LogP) is 0.429. The highest BCUT2D eigenvalue weighted by Crippen LogP contribution is 2.20. The van der Waals surface area contributed by atoms with Crippen LogP contribution in [0.15, 0.2) is 15.4 Å². The van der Waals surface area contributed by atoms with Crippen molar-refractivity contribution in [2.75, 3.05) is 19.8 Å². The van der Waals surface area contributed by atoms with Crippen molar-refractivity contribution in [1.29, 1.82) is 0 Å². The van der Waals surface area contributed by atoms with Gasteiger partial charge in [-0.15, -0.1) is 0 Å². The number of aryl methyl sites for hydroxylation is 1. The summed E-state index contributed by atoms with van der Waals surface area (Å²) in [6, 6.07) is 1.08. The van der Waals surface area contributed by atoms with Crippen molar-refractivity contribution in [2.45, 2.75) is 18.2 Å². The number of rotatable bonds is 4. The lowest BCUT2D eigenvalue weighted by molar-refractivity contribution is 0.0391. The van der Waals surface area contributed by atoms with Crippen LogP contribution < -0.4 is 5.14 Å². The number of esters is 1. The standard InChI is InChI=1S/C11H15NO6S/c1-7-10(19(12,14)15)4-9(18-7)11(13)17-6-8-2-3-16-5-8/h4,8H,2-3,5-6H2,1H3,(H2,12,14,15). The number of hydrogen-bond donors (Lipinski definition) is 1. The molecule has 1 aliphatic rings. The van der Waals surface area contributed by atoms with E-state index in [4.69, 9.17) is 19.0 Å². The van der Waals surface area contributed by atoms with E-state index in [0.717, 1.165) is 12.5 Å². The molecular weight excluding hydrogens is 274 g/mol. The summed E-state index contributed by atoms with van der Waals surface area (Å²) in [5.41, 5.74) is 0. The first-order valence-corrected chi connectivity index (χ1v) is 7.30. The van der Waals surface area contributed by atoms with Gasteiger partial charge in [-0.2, -0.15) is 0 Å². The van der Waals surface area contributed by atoms with Crippen LogP contribution in [-0.4, -0.2) is 34.2 Å². The number of primary sulfonamides is 1. The maximum Gasteiger partial charge on any atom is 0.374 e. The lowest BCUT2D eigenvalue weighted by Crippen LogP contribution is -2.14. The number of carbonyl (C=O) groups excluding carboxylic acids is 1. The Bertz CT molecular complexity index is 570. The fourth-order valence-corrected chi connectivity index (χ4v) is 2.54. The first-order valence-electron chi connectivity index (χ1n) is 5.76. The van der Waals surface area contributed by atoms with Gasteiger partial charge in [0.1, 0.15) is 10.7 Å². The van der Waals surface area contributed by atoms with Gasteiger partial charge in [0, 0.05) is 18.6 Å². The molecular formula is C11H15NO6S. The van der Waals surface area contributed by atoms with Crippen LogP contribution in [0.25, 0.3) is 0 Å². The van der Waals surface area contributed by atoms with Gasteiger partial charge >= 0.3 is 5.97 Å². The fourth-order valence-electron chi connectivity index (χ4n) is 1.83. The third-order valence-corrected chi connectivity index (χ3v) is 3.87. The second-order valence-corrected chi connectivity index (χ2v) is 5.93. The van der Waals surface area contributed by atoms with Crippen LogP contribution >= 0.6 is 0 Å². The van der Waals surface area contributed by atoms with Crippen molar-refractivity contribution in [3.05, 3.63) is 17.6 Å². The van der Waals surface area contributed by atoms with Gasteiger partial charge in [0.25, 0.3) is 0 Å². The van der Waals surface area contributed by atoms with Crippen molar-refractivity contribution in [3.63, 3.8) is 0 Å². The third kappa shape index (κ3) is 3.34. The maximum absolute atomic E-state index is 11.7. The molecule has 1 atom stereocenters. The van der Waals surface area contributed by atoms with Gasteiger partial charge in [-0.3, -0.25) is 0 Å². The summed E-state index contributed by atoms with van der Waals surface area (Å²) in [5, 5.41) is 4.99. The van der Waals surface area contributed by atoms with E-state index in [0.29, 0.717) is 13.2 Å². The van der Waals surface area contributed by atoms with Crippen molar-refractivity contribution in [1.82, 2.24) is 0 Å². The fraction of sp³-hybridized carbons (Fsp3) is 0.545. The van der Waals surface area contributed by atoms with Gasteiger partial charge < -0.3 is 13.9 Å². The van der Waals surface area contributed by atoms with Crippen LogP contribution in [0.3, 0.4) is 0 Å². The molecule has 1 unspecified atom stereocenters. The maximum atomic E-state index is 11.7. The summed E-state index contributed by atoms with van der Waals surface area (Å²) in [6.07, 6.45) is 0.840. The molecule has 1 aromatic heterocycles. The molecule has 1 aliphatic heterocycles. The van der Waals surface area contributed by atoms with E-state index >= 15 is 0 Å². The van der Waals surface area contributed by atoms with Gasteiger partial charge in [-0.25, -0.2) is 18.4 Å². The molecule has 2 rings (SSSR count). The molecule has 1 saturated heterocycles. The molecule has 106 valence electrons. The molecule has 1 aromatic rings. The Kier molecular flexibility index (Phi) is 3.93. The molecule has 7 nitrogen and oxygen atoms in total. The smallest absolute Gasteiger partial charge is 0.374 e. The number of carbonyl (C=O) groups is 1. The van der Waals surface area contributed by atoms with Crippen molar-refractivity contribution < 1.29 is 27.1 Å². The molecule has 0 aromatic carbocycles. The highest BCUT2D eigenvalue weighted by atomic mass is 32.2. The van der Waals surface area contributed by atoms with E-state index < -0.39 is 16.0 Å². The molecule has 0 saturated carbocycles. The zero-order chi connectivity index (χ0) is 14.0. The van der Waals surface area contributed by atoms with E-state index in [1.165, 1.54) is 6.92 Å². The van der Waals surface area contributed by atoms with Crippen LogP contribution in [0.4, 0.5) is 0 Å². The Morgan fingerprint density at radius 1 is 1.58 bits per heavy atom. The molecule has 19 heavy (non-hydrogen) atoms. The van der Waals surface area contributed by atoms with Crippen LogP contribution in [-0.2, 0) is 19.5 Å². The van der Waals surface area contributed by atoms with Crippen LogP contribution in [0.1, 0.15) is 22.7 Å². The summed E-state index contributed by atoms with van der Waals surface area (Å²) < 4.78 is 37.7. The molecule has 8 heteroatoms. The summed E-state index contributed by atoms with van der Waals surface area (Å²) >= 11 is 0. The minimum atomic E-state index is -3.90. The van der Waals surface area contributed by atoms with E-state index in [2.05, 4.69) is 0 Å². The Labute approximate surface area is 110 Å². The monoisotopic (exact) mass is 289 g/mol. The average Bonchev–Trinajstić information content (AvgIpc) is 2.93. The molecule has 0 amide bonds. The second kappa shape index (κ2) is 5.32. The average molecular weight is 289 g/mol. The summed E-state index contributed by atoms with van der Waals surface area (Å²) in [4.78, 5) is 11.5. The van der Waals surface area contributed by atoms with E-state index in [1.54, 1.807) is 0 Å². The predicted molar refractivity (Wildman–Crippen MR) is 64.0 cm³/mol. The molecule has 0 spiro atoms. The number of hydrogen-bond acceptors (Lipinski definition) is 6. The number of ether oxygens (including phenoxy) is 2. The van der Waals surface area contributed by atoms with E-state index in [-0.39, 0.29) is 28.9 Å². The summed E-state index contributed by atoms with van der Waals surface area (Å²) in [7, 11) is -3.90. The normalized spacial score (nSPS) is 19.6. The third-order valence-electron chi connectivity index (χ3n) is 2.85. The number of nitrogens with two attached hydrogens (primary N) is 1. The highest BCUT2D eigenvalue weighted by Gasteiger charge is 2.23. The Morgan fingerprint density at radius 3 is 2.84 bits per heavy atom. The van der Waals surface area contributed by atoms with Gasteiger partial charge in [-0.05, 0) is 13.3 Å². The molecule has 1 fully saturated rings. The summed E-state index contributed by atoms with van der Waals surface area (Å²) in [6.45, 7) is 2.87. The highest BCUT2D eigenvalue weighted by molar-refractivity contribution is 7.89. The lowest BCUT2D eigenvalue weighted by atomic mass is 10.1. The number of sulfonamides is 1. The van der Waals surface area contributed by atoms with Crippen LogP contribution in [0.5, 0.6) is 0 Å². The second-order valence-electron chi connectivity index (χ2n) is 4.40. The molecule has 0 aliphatic carbocycles. The molecule has 2 heterocycles. The summed E-state index contributed by atoms with van der Waals surface area (Å²) in [5.74, 6) is -0.623. The van der Waals surface area contributed by atoms with Gasteiger partial charge in [0.15, 0.2) is 0 Å². The van der Waals surface area contributed by atoms with Crippen molar-refractivity contribution >= 4 is 16.0 Å². The Morgan fingerprint density at radius 2 is 2.32 bits per heavy atom. The minimum Gasteiger partial charge on any atom is -0.459 e. The Hall–Kier alpha value is -1.38. The quantitative estimate of drug-likeness (QED) is 0.805. The first kappa shape index (κ1) is 14.0.